The average molecular weight is 324 g/mol. The largest absolute Gasteiger partial charge is 0.481 e. The highest BCUT2D eigenvalue weighted by Crippen LogP contribution is 2.15. The molecule has 1 rings (SSSR count). The van der Waals surface area contributed by atoms with Gasteiger partial charge in [0.15, 0.2) is 0 Å². The van der Waals surface area contributed by atoms with Gasteiger partial charge in [-0.2, -0.15) is 0 Å². The maximum absolute atomic E-state index is 12.0. The van der Waals surface area contributed by atoms with E-state index in [2.05, 4.69) is 0 Å². The van der Waals surface area contributed by atoms with Crippen molar-refractivity contribution < 1.29 is 24.3 Å². The topological polar surface area (TPSA) is 118 Å². The van der Waals surface area contributed by atoms with Gasteiger partial charge in [0.1, 0.15) is 11.7 Å². The summed E-state index contributed by atoms with van der Waals surface area (Å²) in [6, 6.07) is 0. The van der Waals surface area contributed by atoms with Crippen LogP contribution in [0.3, 0.4) is 0 Å². The van der Waals surface area contributed by atoms with Crippen LogP contribution in [-0.4, -0.2) is 46.7 Å². The van der Waals surface area contributed by atoms with E-state index in [1.807, 2.05) is 0 Å². The van der Waals surface area contributed by atoms with Gasteiger partial charge in [0.25, 0.3) is 11.8 Å². The summed E-state index contributed by atoms with van der Waals surface area (Å²) in [6.07, 6.45) is 6.19. The Kier molecular flexibility index (Phi) is 8.18. The predicted molar refractivity (Wildman–Crippen MR) is 83.4 cm³/mol. The molecule has 0 saturated carbocycles. The van der Waals surface area contributed by atoms with Crippen LogP contribution in [0, 0.1) is 5.92 Å². The monoisotopic (exact) mass is 324 g/mol. The number of unbranched alkanes of at least 4 members (excludes halogenated alkanes) is 3. The fourth-order valence-corrected chi connectivity index (χ4v) is 2.49. The summed E-state index contributed by atoms with van der Waals surface area (Å²) in [7, 11) is 0. The molecule has 0 radical (unpaired) electrons. The summed E-state index contributed by atoms with van der Waals surface area (Å²) < 4.78 is 0. The van der Waals surface area contributed by atoms with Crippen LogP contribution in [0.4, 0.5) is 0 Å². The molecule has 23 heavy (non-hydrogen) atoms. The van der Waals surface area contributed by atoms with Crippen LogP contribution in [0.1, 0.15) is 44.9 Å². The summed E-state index contributed by atoms with van der Waals surface area (Å²) in [4.78, 5) is 46.9. The molecule has 1 heterocycles. The lowest BCUT2D eigenvalue weighted by Crippen LogP contribution is -2.30. The fraction of sp³-hybridized carbons (Fsp3) is 0.625. The van der Waals surface area contributed by atoms with Crippen molar-refractivity contribution in [3.8, 4) is 0 Å². The van der Waals surface area contributed by atoms with Crippen molar-refractivity contribution in [2.75, 3.05) is 13.1 Å². The van der Waals surface area contributed by atoms with Gasteiger partial charge in [-0.15, -0.1) is 0 Å². The normalized spacial score (nSPS) is 15.3. The minimum Gasteiger partial charge on any atom is -0.481 e. The molecule has 0 spiro atoms. The van der Waals surface area contributed by atoms with Crippen LogP contribution in [0.25, 0.3) is 0 Å². The molecule has 0 bridgehead atoms. The highest BCUT2D eigenvalue weighted by Gasteiger charge is 2.25. The van der Waals surface area contributed by atoms with Crippen LogP contribution >= 0.6 is 0 Å². The SMILES string of the molecule is NCCCCC(C(=O)O)C(=O)CCCCCN1C(=O)C=CC1=O. The molecule has 0 aliphatic carbocycles. The number of carboxylic acid groups (broad SMARTS) is 1. The number of imide groups is 1. The molecule has 0 aromatic carbocycles. The number of amides is 2. The minimum absolute atomic E-state index is 0.208. The molecular weight excluding hydrogens is 300 g/mol. The molecule has 3 N–H and O–H groups in total. The molecular formula is C16H24N2O5. The van der Waals surface area contributed by atoms with Crippen molar-refractivity contribution >= 4 is 23.6 Å². The van der Waals surface area contributed by atoms with Gasteiger partial charge in [-0.3, -0.25) is 24.1 Å². The quantitative estimate of drug-likeness (QED) is 0.312. The minimum atomic E-state index is -1.08. The number of carbonyl (C=O) groups excluding carboxylic acids is 3. The van der Waals surface area contributed by atoms with E-state index in [-0.39, 0.29) is 24.0 Å². The molecule has 0 aromatic rings. The molecule has 0 aromatic heterocycles. The Bertz CT molecular complexity index is 469. The fourth-order valence-electron chi connectivity index (χ4n) is 2.49. The number of aliphatic carboxylic acids is 1. The molecule has 7 nitrogen and oxygen atoms in total. The summed E-state index contributed by atoms with van der Waals surface area (Å²) in [5.74, 6) is -2.91. The molecule has 1 aliphatic heterocycles. The van der Waals surface area contributed by atoms with Gasteiger partial charge in [0, 0.05) is 25.1 Å². The maximum Gasteiger partial charge on any atom is 0.314 e. The van der Waals surface area contributed by atoms with Gasteiger partial charge in [0.2, 0.25) is 0 Å². The second kappa shape index (κ2) is 9.89. The third-order valence-electron chi connectivity index (χ3n) is 3.84. The maximum atomic E-state index is 12.0. The van der Waals surface area contributed by atoms with Gasteiger partial charge in [-0.05, 0) is 32.2 Å². The highest BCUT2D eigenvalue weighted by molar-refractivity contribution is 6.12. The van der Waals surface area contributed by atoms with Crippen LogP contribution in [0.2, 0.25) is 0 Å². The third kappa shape index (κ3) is 6.32. The zero-order valence-corrected chi connectivity index (χ0v) is 13.2. The number of nitrogens with zero attached hydrogens (tertiary/aromatic N) is 1. The zero-order chi connectivity index (χ0) is 17.2. The second-order valence-corrected chi connectivity index (χ2v) is 5.61. The van der Waals surface area contributed by atoms with Crippen molar-refractivity contribution in [3.05, 3.63) is 12.2 Å². The number of hydrogen-bond acceptors (Lipinski definition) is 5. The zero-order valence-electron chi connectivity index (χ0n) is 13.2. The summed E-state index contributed by atoms with van der Waals surface area (Å²) in [5.41, 5.74) is 5.36. The number of carboxylic acids is 1. The lowest BCUT2D eigenvalue weighted by molar-refractivity contribution is -0.147. The van der Waals surface area contributed by atoms with Crippen molar-refractivity contribution in [2.45, 2.75) is 44.9 Å². The molecule has 1 aliphatic rings. The lowest BCUT2D eigenvalue weighted by Gasteiger charge is -2.13. The van der Waals surface area contributed by atoms with E-state index in [1.54, 1.807) is 0 Å². The first-order valence-corrected chi connectivity index (χ1v) is 7.96. The number of hydrogen-bond donors (Lipinski definition) is 2. The Labute approximate surface area is 135 Å². The molecule has 1 atom stereocenters. The predicted octanol–water partition coefficient (Wildman–Crippen LogP) is 0.871. The van der Waals surface area contributed by atoms with Crippen molar-refractivity contribution in [1.29, 1.82) is 0 Å². The van der Waals surface area contributed by atoms with E-state index in [1.165, 1.54) is 12.2 Å². The molecule has 128 valence electrons. The van der Waals surface area contributed by atoms with Crippen LogP contribution in [0.15, 0.2) is 12.2 Å². The van der Waals surface area contributed by atoms with Gasteiger partial charge < -0.3 is 10.8 Å². The van der Waals surface area contributed by atoms with E-state index in [0.29, 0.717) is 51.6 Å². The van der Waals surface area contributed by atoms with E-state index in [9.17, 15) is 19.2 Å². The standard InChI is InChI=1S/C16H24N2O5/c17-10-4-3-6-12(16(22)23)13(19)7-2-1-5-11-18-14(20)8-9-15(18)21/h8-9,12H,1-7,10-11,17H2,(H,22,23). The third-order valence-corrected chi connectivity index (χ3v) is 3.84. The summed E-state index contributed by atoms with van der Waals surface area (Å²) in [6.45, 7) is 0.820. The average Bonchev–Trinajstić information content (AvgIpc) is 2.82. The number of nitrogens with two attached hydrogens (primary N) is 1. The van der Waals surface area contributed by atoms with Gasteiger partial charge in [0.05, 0.1) is 0 Å². The first kappa shape index (κ1) is 19.0. The smallest absolute Gasteiger partial charge is 0.314 e. The Morgan fingerprint density at radius 1 is 1.04 bits per heavy atom. The molecule has 0 fully saturated rings. The van der Waals surface area contributed by atoms with Gasteiger partial charge >= 0.3 is 5.97 Å². The second-order valence-electron chi connectivity index (χ2n) is 5.61. The first-order valence-electron chi connectivity index (χ1n) is 7.96. The number of ketones is 1. The summed E-state index contributed by atoms with van der Waals surface area (Å²) in [5, 5.41) is 9.11. The highest BCUT2D eigenvalue weighted by atomic mass is 16.4. The van der Waals surface area contributed by atoms with E-state index < -0.39 is 11.9 Å². The Hall–Kier alpha value is -2.02. The van der Waals surface area contributed by atoms with E-state index in [0.717, 1.165) is 4.90 Å². The van der Waals surface area contributed by atoms with Crippen molar-refractivity contribution in [1.82, 2.24) is 4.90 Å². The molecule has 0 saturated heterocycles. The molecule has 2 amide bonds. The van der Waals surface area contributed by atoms with E-state index in [4.69, 9.17) is 10.8 Å². The first-order chi connectivity index (χ1) is 11.0. The van der Waals surface area contributed by atoms with Crippen LogP contribution in [-0.2, 0) is 19.2 Å². The Balaban J connectivity index is 2.22. The number of Topliss-reactive ketones (excluding diaryl/α,β-unsaturated/α-hetero) is 1. The number of carbonyl (C=O) groups is 4. The summed E-state index contributed by atoms with van der Waals surface area (Å²) >= 11 is 0. The number of rotatable bonds is 12. The van der Waals surface area contributed by atoms with Crippen molar-refractivity contribution in [3.63, 3.8) is 0 Å². The van der Waals surface area contributed by atoms with Gasteiger partial charge in [-0.1, -0.05) is 12.8 Å². The molecule has 7 heteroatoms. The van der Waals surface area contributed by atoms with E-state index >= 15 is 0 Å². The van der Waals surface area contributed by atoms with Crippen LogP contribution < -0.4 is 5.73 Å². The Morgan fingerprint density at radius 2 is 1.70 bits per heavy atom. The van der Waals surface area contributed by atoms with Crippen LogP contribution in [0.5, 0.6) is 0 Å². The lowest BCUT2D eigenvalue weighted by atomic mass is 9.94. The molecule has 1 unspecified atom stereocenters. The van der Waals surface area contributed by atoms with Gasteiger partial charge in [-0.25, -0.2) is 0 Å². The Morgan fingerprint density at radius 3 is 2.26 bits per heavy atom. The van der Waals surface area contributed by atoms with Crippen molar-refractivity contribution in [2.24, 2.45) is 11.7 Å².